The Morgan fingerprint density at radius 1 is 0.670 bits per heavy atom. The zero-order valence-electron chi connectivity index (χ0n) is 50.0. The summed E-state index contributed by atoms with van der Waals surface area (Å²) in [4.78, 5) is 49.1. The lowest BCUT2D eigenvalue weighted by molar-refractivity contribution is 0.0971. The van der Waals surface area contributed by atoms with Gasteiger partial charge in [-0.05, 0) is 194 Å². The number of azide groups is 2. The summed E-state index contributed by atoms with van der Waals surface area (Å²) in [6.45, 7) is 17.1. The first kappa shape index (κ1) is 67.8. The molecule has 10 rings (SSSR count). The van der Waals surface area contributed by atoms with Crippen molar-refractivity contribution in [2.75, 3.05) is 44.3 Å². The maximum absolute atomic E-state index is 14.4. The third kappa shape index (κ3) is 19.7. The summed E-state index contributed by atoms with van der Waals surface area (Å²) in [6.07, 6.45) is 16.0. The summed E-state index contributed by atoms with van der Waals surface area (Å²) >= 11 is 0. The van der Waals surface area contributed by atoms with Crippen molar-refractivity contribution in [2.24, 2.45) is 32.9 Å². The minimum absolute atomic E-state index is 0. The van der Waals surface area contributed by atoms with E-state index in [0.29, 0.717) is 72.6 Å². The van der Waals surface area contributed by atoms with E-state index in [1.165, 1.54) is 79.6 Å². The first-order chi connectivity index (χ1) is 41.5. The molecule has 0 spiro atoms. The van der Waals surface area contributed by atoms with Gasteiger partial charge in [0.15, 0.2) is 43.7 Å². The van der Waals surface area contributed by atoms with Crippen molar-refractivity contribution in [3.8, 4) is 23.4 Å². The molecule has 472 valence electrons. The number of amides is 2. The Morgan fingerprint density at radius 2 is 1.16 bits per heavy atom. The predicted molar refractivity (Wildman–Crippen MR) is 327 cm³/mol. The molecule has 4 aliphatic rings. The van der Waals surface area contributed by atoms with Crippen LogP contribution in [0, 0.1) is 40.5 Å². The van der Waals surface area contributed by atoms with Crippen molar-refractivity contribution in [3.05, 3.63) is 135 Å². The Hall–Kier alpha value is -7.68. The number of ether oxygens (including phenoxy) is 2. The lowest BCUT2D eigenvalue weighted by Crippen LogP contribution is -2.40. The molecule has 2 saturated heterocycles. The van der Waals surface area contributed by atoms with Gasteiger partial charge in [0.05, 0.1) is 24.3 Å². The zero-order valence-corrected chi connectivity index (χ0v) is 52.4. The number of anilines is 1. The molecule has 0 bridgehead atoms. The molecule has 8 heterocycles. The number of nitrogens with one attached hydrogen (secondary N) is 3. The number of rotatable bonds is 25. The van der Waals surface area contributed by atoms with E-state index in [1.807, 2.05) is 0 Å². The van der Waals surface area contributed by atoms with Crippen LogP contribution >= 0.6 is 12.4 Å². The highest BCUT2D eigenvalue weighted by Crippen LogP contribution is 2.48. The van der Waals surface area contributed by atoms with E-state index >= 15 is 0 Å². The van der Waals surface area contributed by atoms with Gasteiger partial charge < -0.3 is 19.7 Å². The topological polar surface area (TPSA) is 311 Å². The van der Waals surface area contributed by atoms with Gasteiger partial charge in [-0.1, -0.05) is 36.2 Å². The SMILES string of the molecule is CC1(C)CC(CCCN=[N+]=[N-])CN1.CC1(CCOc2ccn(-c3ccc(C(=O)NS(=O)c4cccc(F)n4)c(F)n3)n2)CC1.CC1(CCOc2ccn(-c3ccc(C(=O)NS(=O)c4cccc(F)n4)c(N4CC(CCCN=[N+]=[N-])CC4(C)C)n3)n2)CC1.Cl. The molecule has 3 N–H and O–H groups in total. The molecule has 6 aromatic rings. The number of hydrogen-bond donors (Lipinski definition) is 3. The second-order valence-corrected chi connectivity index (χ2v) is 26.4. The third-order valence-corrected chi connectivity index (χ3v) is 17.7. The molecule has 0 aromatic carbocycles. The van der Waals surface area contributed by atoms with Crippen molar-refractivity contribution in [2.45, 2.75) is 140 Å². The van der Waals surface area contributed by atoms with E-state index in [1.54, 1.807) is 41.3 Å². The maximum atomic E-state index is 14.4. The van der Waals surface area contributed by atoms with Gasteiger partial charge in [-0.2, -0.15) is 18.2 Å². The molecule has 2 aliphatic heterocycles. The predicted octanol–water partition coefficient (Wildman–Crippen LogP) is 11.4. The second-order valence-electron chi connectivity index (χ2n) is 24.1. The molecule has 2 aliphatic carbocycles. The monoisotopic (exact) mass is 1270 g/mol. The maximum Gasteiger partial charge on any atom is 0.267 e. The van der Waals surface area contributed by atoms with Crippen LogP contribution in [-0.4, -0.2) is 110 Å². The Bertz CT molecular complexity index is 3540. The van der Waals surface area contributed by atoms with Gasteiger partial charge in [-0.25, -0.2) is 32.7 Å². The van der Waals surface area contributed by atoms with E-state index in [4.69, 9.17) is 25.5 Å². The summed E-state index contributed by atoms with van der Waals surface area (Å²) in [6, 6.07) is 16.9. The smallest absolute Gasteiger partial charge is 0.267 e. The fraction of sp³-hybridized carbons (Fsp3) is 0.517. The van der Waals surface area contributed by atoms with Crippen molar-refractivity contribution < 1.29 is 40.7 Å². The van der Waals surface area contributed by atoms with Crippen molar-refractivity contribution in [1.29, 1.82) is 0 Å². The number of aromatic nitrogens is 8. The van der Waals surface area contributed by atoms with Crippen LogP contribution in [0.1, 0.15) is 139 Å². The number of halogens is 4. The Kier molecular flexibility index (Phi) is 23.5. The van der Waals surface area contributed by atoms with Gasteiger partial charge in [0.25, 0.3) is 11.8 Å². The van der Waals surface area contributed by atoms with Gasteiger partial charge in [-0.15, -0.1) is 22.6 Å². The first-order valence-corrected chi connectivity index (χ1v) is 31.1. The van der Waals surface area contributed by atoms with Crippen LogP contribution in [0.15, 0.2) is 105 Å². The largest absolute Gasteiger partial charge is 0.477 e. The highest BCUT2D eigenvalue weighted by Gasteiger charge is 2.41. The standard InChI is InChI=1S/C29H36FN9O3S.C20H19F2N5O3S.C9H18N4.ClH/c1-28(2)18-20(6-5-15-32-37-31)19-38(28)26-21(27(40)36-43(41)25-8-4-7-22(30)33-25)9-10-23(34-26)39-16-11-24(35-39)42-17-14-29(3)12-13-29;1-20(8-9-20)10-12-30-16-7-11-27(25-16)15-6-5-13(18(22)24-15)19(28)26-31(29)17-4-2-3-14(21)23-17;1-9(2)6-8(7-11-9)4-3-5-12-13-10;/h4,7-11,16,20H,5-6,12-15,17-19H2,1-3H3,(H,36,40);2-7,11H,8-10,12H2,1H3,(H,26,28);8,11H,3-7H2,1-2H3;1H. The van der Waals surface area contributed by atoms with Gasteiger partial charge in [-0.3, -0.25) is 19.0 Å². The average molecular weight is 1280 g/mol. The zero-order chi connectivity index (χ0) is 62.4. The van der Waals surface area contributed by atoms with Crippen LogP contribution in [0.2, 0.25) is 0 Å². The van der Waals surface area contributed by atoms with Crippen LogP contribution in [0.4, 0.5) is 19.0 Å². The number of carbonyl (C=O) groups is 2. The van der Waals surface area contributed by atoms with Crippen molar-refractivity contribution in [1.82, 2.24) is 54.3 Å². The van der Waals surface area contributed by atoms with Crippen LogP contribution < -0.4 is 29.1 Å². The highest BCUT2D eigenvalue weighted by molar-refractivity contribution is 7.83. The molecule has 2 amide bonds. The summed E-state index contributed by atoms with van der Waals surface area (Å²) in [5.74, 6) is -1.31. The van der Waals surface area contributed by atoms with Crippen molar-refractivity contribution in [3.63, 3.8) is 0 Å². The molecule has 4 unspecified atom stereocenters. The summed E-state index contributed by atoms with van der Waals surface area (Å²) in [5.41, 5.74) is 17.2. The Labute approximate surface area is 519 Å². The third-order valence-electron chi connectivity index (χ3n) is 15.8. The van der Waals surface area contributed by atoms with Crippen LogP contribution in [0.5, 0.6) is 11.8 Å². The van der Waals surface area contributed by atoms with E-state index in [0.717, 1.165) is 63.1 Å². The highest BCUT2D eigenvalue weighted by atomic mass is 35.5. The molecule has 30 heteroatoms. The van der Waals surface area contributed by atoms with Gasteiger partial charge >= 0.3 is 0 Å². The molecule has 24 nitrogen and oxygen atoms in total. The van der Waals surface area contributed by atoms with Crippen LogP contribution in [0.3, 0.4) is 0 Å². The minimum atomic E-state index is -2.16. The normalized spacial score (nSPS) is 18.4. The number of nitrogens with zero attached hydrogens (tertiary/aromatic N) is 15. The molecular formula is C58H74ClF3N18O6S2. The van der Waals surface area contributed by atoms with E-state index < -0.39 is 57.2 Å². The number of pyridine rings is 4. The Morgan fingerprint density at radius 3 is 1.62 bits per heavy atom. The van der Waals surface area contributed by atoms with E-state index in [2.05, 4.69) is 106 Å². The fourth-order valence-electron chi connectivity index (χ4n) is 10.2. The van der Waals surface area contributed by atoms with E-state index in [-0.39, 0.29) is 45.3 Å². The summed E-state index contributed by atoms with van der Waals surface area (Å²) < 4.78 is 85.1. The summed E-state index contributed by atoms with van der Waals surface area (Å²) in [5, 5.41) is 19.1. The second kappa shape index (κ2) is 30.5. The van der Waals surface area contributed by atoms with Gasteiger partial charge in [0.2, 0.25) is 29.6 Å². The molecule has 4 fully saturated rings. The molecule has 6 aromatic heterocycles. The van der Waals surface area contributed by atoms with Crippen LogP contribution in [-0.2, 0) is 22.0 Å². The van der Waals surface area contributed by atoms with Gasteiger partial charge in [0, 0.05) is 65.1 Å². The lowest BCUT2D eigenvalue weighted by Gasteiger charge is -2.34. The molecule has 88 heavy (non-hydrogen) atoms. The average Bonchev–Trinajstić information content (AvgIpc) is 1.76. The minimum Gasteiger partial charge on any atom is -0.477 e. The fourth-order valence-corrected chi connectivity index (χ4v) is 11.7. The molecule has 4 atom stereocenters. The molecule has 2 saturated carbocycles. The van der Waals surface area contributed by atoms with E-state index in [9.17, 15) is 31.2 Å². The van der Waals surface area contributed by atoms with Crippen LogP contribution in [0.25, 0.3) is 32.5 Å². The quantitative estimate of drug-likeness (QED) is 0.0158. The Balaban J connectivity index is 0.000000213. The van der Waals surface area contributed by atoms with Gasteiger partial charge in [0.1, 0.15) is 5.82 Å². The molecular weight excluding hydrogens is 1200 g/mol. The number of hydrogen-bond acceptors (Lipinski definition) is 16. The molecule has 0 radical (unpaired) electrons. The summed E-state index contributed by atoms with van der Waals surface area (Å²) in [7, 11) is -4.24. The van der Waals surface area contributed by atoms with Crippen molar-refractivity contribution >= 4 is 52.0 Å². The first-order valence-electron chi connectivity index (χ1n) is 28.8. The number of carbonyl (C=O) groups excluding carboxylic acids is 2. The lowest BCUT2D eigenvalue weighted by atomic mass is 9.93.